The third-order valence-electron chi connectivity index (χ3n) is 4.32. The number of carbonyl (C=O) groups excluding carboxylic acids is 1. The molecule has 0 aliphatic heterocycles. The number of aryl methyl sites for hydroxylation is 2. The lowest BCUT2D eigenvalue weighted by Gasteiger charge is -2.12. The summed E-state index contributed by atoms with van der Waals surface area (Å²) in [4.78, 5) is 25.7. The highest BCUT2D eigenvalue weighted by molar-refractivity contribution is 6.40. The fourth-order valence-electron chi connectivity index (χ4n) is 3.04. The fraction of sp³-hybridized carbons (Fsp3) is 0.273. The molecule has 0 aliphatic carbocycles. The summed E-state index contributed by atoms with van der Waals surface area (Å²) < 4.78 is 0. The van der Waals surface area contributed by atoms with Crippen molar-refractivity contribution < 1.29 is 4.79 Å². The highest BCUT2D eigenvalue weighted by atomic mass is 35.5. The van der Waals surface area contributed by atoms with E-state index in [9.17, 15) is 4.79 Å². The van der Waals surface area contributed by atoms with Crippen LogP contribution in [0.1, 0.15) is 40.8 Å². The Balaban J connectivity index is 1.74. The van der Waals surface area contributed by atoms with Crippen molar-refractivity contribution in [2.45, 2.75) is 33.7 Å². The lowest BCUT2D eigenvalue weighted by Crippen LogP contribution is -2.16. The zero-order valence-corrected chi connectivity index (χ0v) is 19.1. The number of pyridine rings is 1. The second-order valence-electron chi connectivity index (χ2n) is 7.06. The van der Waals surface area contributed by atoms with E-state index in [0.717, 1.165) is 24.2 Å². The lowest BCUT2D eigenvalue weighted by atomic mass is 10.1. The van der Waals surface area contributed by atoms with Crippen LogP contribution in [0.15, 0.2) is 36.5 Å². The molecule has 0 spiro atoms. The van der Waals surface area contributed by atoms with Crippen molar-refractivity contribution in [3.05, 3.63) is 69.2 Å². The summed E-state index contributed by atoms with van der Waals surface area (Å²) in [7, 11) is 0. The summed E-state index contributed by atoms with van der Waals surface area (Å²) in [5.41, 5.74) is 2.55. The minimum atomic E-state index is -0.394. The number of hydrogen-bond donors (Lipinski definition) is 3. The second kappa shape index (κ2) is 10.5. The molecule has 0 aliphatic rings. The van der Waals surface area contributed by atoms with Crippen LogP contribution in [0, 0.1) is 13.8 Å². The van der Waals surface area contributed by atoms with Crippen molar-refractivity contribution in [2.75, 3.05) is 17.2 Å². The van der Waals surface area contributed by atoms with Gasteiger partial charge in [0.15, 0.2) is 0 Å². The molecule has 31 heavy (non-hydrogen) atoms. The van der Waals surface area contributed by atoms with Gasteiger partial charge in [0, 0.05) is 36.3 Å². The monoisotopic (exact) mass is 458 g/mol. The highest BCUT2D eigenvalue weighted by Gasteiger charge is 2.17. The molecule has 0 fully saturated rings. The topological polar surface area (TPSA) is 91.8 Å². The Bertz CT molecular complexity index is 1050. The largest absolute Gasteiger partial charge is 0.325 e. The number of nitrogens with zero attached hydrogens (tertiary/aromatic N) is 3. The van der Waals surface area contributed by atoms with E-state index in [-0.39, 0.29) is 5.56 Å². The Labute approximate surface area is 191 Å². The van der Waals surface area contributed by atoms with Gasteiger partial charge >= 0.3 is 0 Å². The highest BCUT2D eigenvalue weighted by Crippen LogP contribution is 2.28. The molecule has 0 saturated carbocycles. The van der Waals surface area contributed by atoms with Gasteiger partial charge in [0.2, 0.25) is 0 Å². The molecule has 3 rings (SSSR count). The summed E-state index contributed by atoms with van der Waals surface area (Å²) >= 11 is 12.7. The van der Waals surface area contributed by atoms with Crippen LogP contribution >= 0.6 is 23.2 Å². The van der Waals surface area contributed by atoms with Crippen LogP contribution in [-0.4, -0.2) is 27.4 Å². The molecule has 2 aromatic heterocycles. The Morgan fingerprint density at radius 1 is 1.03 bits per heavy atom. The number of halogens is 2. The Hall–Kier alpha value is -2.74. The van der Waals surface area contributed by atoms with Gasteiger partial charge in [-0.05, 0) is 50.6 Å². The summed E-state index contributed by atoms with van der Waals surface area (Å²) in [6.45, 7) is 7.33. The summed E-state index contributed by atoms with van der Waals surface area (Å²) in [5.74, 6) is 1.42. The minimum absolute atomic E-state index is 0.232. The first-order chi connectivity index (χ1) is 14.9. The van der Waals surface area contributed by atoms with Crippen LogP contribution in [-0.2, 0) is 6.54 Å². The summed E-state index contributed by atoms with van der Waals surface area (Å²) in [6.07, 6.45) is 2.62. The molecule has 2 heterocycles. The molecule has 162 valence electrons. The molecule has 7 nitrogen and oxygen atoms in total. The van der Waals surface area contributed by atoms with Crippen LogP contribution in [0.25, 0.3) is 0 Å². The first-order valence-electron chi connectivity index (χ1n) is 9.91. The molecule has 9 heteroatoms. The average molecular weight is 459 g/mol. The number of benzene rings is 1. The van der Waals surface area contributed by atoms with Crippen molar-refractivity contribution in [2.24, 2.45) is 0 Å². The van der Waals surface area contributed by atoms with Gasteiger partial charge in [-0.15, -0.1) is 0 Å². The van der Waals surface area contributed by atoms with Gasteiger partial charge < -0.3 is 16.0 Å². The van der Waals surface area contributed by atoms with Crippen molar-refractivity contribution in [3.8, 4) is 0 Å². The van der Waals surface area contributed by atoms with Crippen molar-refractivity contribution in [1.82, 2.24) is 20.3 Å². The van der Waals surface area contributed by atoms with E-state index in [1.165, 1.54) is 0 Å². The number of anilines is 3. The molecule has 0 bridgehead atoms. The molecule has 0 radical (unpaired) electrons. The van der Waals surface area contributed by atoms with E-state index in [4.69, 9.17) is 23.2 Å². The Morgan fingerprint density at radius 3 is 2.45 bits per heavy atom. The second-order valence-corrected chi connectivity index (χ2v) is 7.88. The standard InChI is InChI=1S/C22H24Cl2N6O/c1-4-6-25-12-15-9-17(23)21(18(24)10-15)22(31)29-16-5-7-26-19(11-16)30-20-8-13(2)27-14(3)28-20/h5,7-11,25H,4,6,12H2,1-3H3,(H2,26,27,28,29,30,31). The van der Waals surface area contributed by atoms with Crippen LogP contribution < -0.4 is 16.0 Å². The smallest absolute Gasteiger partial charge is 0.258 e. The van der Waals surface area contributed by atoms with Crippen LogP contribution in [0.5, 0.6) is 0 Å². The normalized spacial score (nSPS) is 10.7. The van der Waals surface area contributed by atoms with Crippen molar-refractivity contribution in [3.63, 3.8) is 0 Å². The number of hydrogen-bond acceptors (Lipinski definition) is 6. The quantitative estimate of drug-likeness (QED) is 0.397. The fourth-order valence-corrected chi connectivity index (χ4v) is 3.74. The maximum Gasteiger partial charge on any atom is 0.258 e. The first kappa shape index (κ1) is 22.9. The summed E-state index contributed by atoms with van der Waals surface area (Å²) in [5, 5.41) is 9.84. The van der Waals surface area contributed by atoms with Crippen LogP contribution in [0.3, 0.4) is 0 Å². The van der Waals surface area contributed by atoms with E-state index >= 15 is 0 Å². The van der Waals surface area contributed by atoms with Gasteiger partial charge in [-0.3, -0.25) is 4.79 Å². The Morgan fingerprint density at radius 2 is 1.77 bits per heavy atom. The molecular formula is C22H24Cl2N6O. The molecule has 0 atom stereocenters. The van der Waals surface area contributed by atoms with Crippen LogP contribution in [0.4, 0.5) is 17.3 Å². The van der Waals surface area contributed by atoms with E-state index in [0.29, 0.717) is 39.7 Å². The zero-order valence-electron chi connectivity index (χ0n) is 17.6. The van der Waals surface area contributed by atoms with Gasteiger partial charge in [0.25, 0.3) is 5.91 Å². The average Bonchev–Trinajstić information content (AvgIpc) is 2.67. The zero-order chi connectivity index (χ0) is 22.4. The van der Waals surface area contributed by atoms with Gasteiger partial charge in [0.1, 0.15) is 17.5 Å². The summed E-state index contributed by atoms with van der Waals surface area (Å²) in [6, 6.07) is 8.71. The maximum atomic E-state index is 12.8. The molecule has 3 N–H and O–H groups in total. The van der Waals surface area contributed by atoms with Gasteiger partial charge in [-0.1, -0.05) is 30.1 Å². The van der Waals surface area contributed by atoms with E-state index in [2.05, 4.69) is 37.8 Å². The van der Waals surface area contributed by atoms with Crippen LogP contribution in [0.2, 0.25) is 10.0 Å². The van der Waals surface area contributed by atoms with Gasteiger partial charge in [-0.25, -0.2) is 15.0 Å². The lowest BCUT2D eigenvalue weighted by molar-refractivity contribution is 0.102. The first-order valence-corrected chi connectivity index (χ1v) is 10.7. The van der Waals surface area contributed by atoms with E-state index in [1.54, 1.807) is 30.5 Å². The number of aromatic nitrogens is 3. The maximum absolute atomic E-state index is 12.8. The predicted molar refractivity (Wildman–Crippen MR) is 125 cm³/mol. The minimum Gasteiger partial charge on any atom is -0.325 e. The van der Waals surface area contributed by atoms with Crippen molar-refractivity contribution >= 4 is 46.4 Å². The van der Waals surface area contributed by atoms with E-state index < -0.39 is 5.91 Å². The van der Waals surface area contributed by atoms with Gasteiger partial charge in [0.05, 0.1) is 15.6 Å². The number of nitrogens with one attached hydrogen (secondary N) is 3. The SMILES string of the molecule is CCCNCc1cc(Cl)c(C(=O)Nc2ccnc(Nc3cc(C)nc(C)n3)c2)c(Cl)c1. The molecule has 0 saturated heterocycles. The number of amides is 1. The molecule has 3 aromatic rings. The predicted octanol–water partition coefficient (Wildman–Crippen LogP) is 5.29. The van der Waals surface area contributed by atoms with E-state index in [1.807, 2.05) is 19.9 Å². The number of carbonyl (C=O) groups is 1. The number of rotatable bonds is 8. The molecule has 0 unspecified atom stereocenters. The molecule has 1 aromatic carbocycles. The third-order valence-corrected chi connectivity index (χ3v) is 4.92. The molecule has 1 amide bonds. The van der Waals surface area contributed by atoms with Crippen molar-refractivity contribution in [1.29, 1.82) is 0 Å². The van der Waals surface area contributed by atoms with Gasteiger partial charge in [-0.2, -0.15) is 0 Å². The Kier molecular flexibility index (Phi) is 7.79. The third kappa shape index (κ3) is 6.37. The molecular weight excluding hydrogens is 435 g/mol.